The highest BCUT2D eigenvalue weighted by atomic mass is 32.2. The number of hydrogen-bond donors (Lipinski definition) is 2. The van der Waals surface area contributed by atoms with Crippen LogP contribution in [0.1, 0.15) is 35.1 Å². The number of nitrogens with zero attached hydrogens (tertiary/aromatic N) is 3. The van der Waals surface area contributed by atoms with Crippen molar-refractivity contribution in [3.05, 3.63) is 70.1 Å². The maximum Gasteiger partial charge on any atom is 0.416 e. The number of halogens is 3. The van der Waals surface area contributed by atoms with Gasteiger partial charge in [0.1, 0.15) is 11.4 Å². The molecule has 2 amide bonds. The van der Waals surface area contributed by atoms with E-state index in [1.165, 1.54) is 59.7 Å². The van der Waals surface area contributed by atoms with Crippen LogP contribution >= 0.6 is 0 Å². The van der Waals surface area contributed by atoms with Crippen molar-refractivity contribution in [1.82, 2.24) is 19.2 Å². The number of carbonyl (C=O) groups excluding carboxylic acids is 2. The number of sulfonamides is 2. The van der Waals surface area contributed by atoms with E-state index in [0.717, 1.165) is 17.5 Å². The first-order chi connectivity index (χ1) is 19.9. The number of rotatable bonds is 8. The zero-order valence-electron chi connectivity index (χ0n) is 23.5. The predicted molar refractivity (Wildman–Crippen MR) is 153 cm³/mol. The largest absolute Gasteiger partial charge is 0.416 e. The molecule has 2 aromatic rings. The number of carbonyl (C=O) groups is 2. The van der Waals surface area contributed by atoms with Gasteiger partial charge in [0.15, 0.2) is 0 Å². The zero-order valence-corrected chi connectivity index (χ0v) is 25.1. The monoisotopic (exact) mass is 641 g/mol. The summed E-state index contributed by atoms with van der Waals surface area (Å²) in [7, 11) is -4.92. The van der Waals surface area contributed by atoms with Crippen LogP contribution in [0.25, 0.3) is 6.08 Å². The van der Waals surface area contributed by atoms with Crippen molar-refractivity contribution in [2.75, 3.05) is 33.7 Å². The minimum Gasteiger partial charge on any atom is -0.348 e. The topological polar surface area (TPSA) is 145 Å². The highest BCUT2D eigenvalue weighted by Gasteiger charge is 2.47. The molecule has 43 heavy (non-hydrogen) atoms. The Hall–Kier alpha value is -3.60. The lowest BCUT2D eigenvalue weighted by Crippen LogP contribution is -2.50. The molecule has 0 aromatic heterocycles. The quantitative estimate of drug-likeness (QED) is 0.452. The van der Waals surface area contributed by atoms with E-state index >= 15 is 0 Å². The Balaban J connectivity index is 1.43. The number of amidine groups is 1. The molecule has 0 radical (unpaired) electrons. The molecule has 0 aliphatic carbocycles. The van der Waals surface area contributed by atoms with E-state index in [1.807, 2.05) is 0 Å². The lowest BCUT2D eigenvalue weighted by molar-refractivity contribution is -0.137. The molecule has 2 aliphatic heterocycles. The first-order valence-corrected chi connectivity index (χ1v) is 16.0. The summed E-state index contributed by atoms with van der Waals surface area (Å²) in [5.74, 6) is -0.920. The Morgan fingerprint density at radius 2 is 1.79 bits per heavy atom. The van der Waals surface area contributed by atoms with Crippen LogP contribution in [0, 0.1) is 6.92 Å². The van der Waals surface area contributed by atoms with E-state index in [9.17, 15) is 39.6 Å². The van der Waals surface area contributed by atoms with E-state index in [0.29, 0.717) is 11.1 Å². The Morgan fingerprint density at radius 1 is 1.12 bits per heavy atom. The summed E-state index contributed by atoms with van der Waals surface area (Å²) in [5.41, 5.74) is -1.14. The summed E-state index contributed by atoms with van der Waals surface area (Å²) in [5, 5.41) is 3.53. The van der Waals surface area contributed by atoms with Crippen LogP contribution in [-0.4, -0.2) is 83.0 Å². The predicted octanol–water partition coefficient (Wildman–Crippen LogP) is 2.09. The molecule has 0 atom stereocenters. The van der Waals surface area contributed by atoms with Crippen LogP contribution in [0.2, 0.25) is 0 Å². The molecule has 2 aliphatic rings. The second-order valence-corrected chi connectivity index (χ2v) is 14.0. The van der Waals surface area contributed by atoms with Crippen LogP contribution in [0.4, 0.5) is 13.2 Å². The van der Waals surface area contributed by atoms with Crippen LogP contribution in [0.5, 0.6) is 0 Å². The Morgan fingerprint density at radius 3 is 2.40 bits per heavy atom. The molecule has 2 aromatic carbocycles. The average Bonchev–Trinajstić information content (AvgIpc) is 3.25. The number of aliphatic imine (C=N–C) groups is 1. The molecular formula is C27H30F3N5O6S2. The molecule has 2 N–H and O–H groups in total. The molecular weight excluding hydrogens is 611 g/mol. The minimum absolute atomic E-state index is 0.00717. The molecule has 2 heterocycles. The zero-order chi connectivity index (χ0) is 31.8. The van der Waals surface area contributed by atoms with Gasteiger partial charge < -0.3 is 10.2 Å². The van der Waals surface area contributed by atoms with Crippen LogP contribution in [0.3, 0.4) is 0 Å². The van der Waals surface area contributed by atoms with Crippen LogP contribution < -0.4 is 10.0 Å². The summed E-state index contributed by atoms with van der Waals surface area (Å²) in [6.07, 6.45) is -3.17. The van der Waals surface area contributed by atoms with Gasteiger partial charge in [-0.05, 0) is 61.2 Å². The molecule has 0 saturated carbocycles. The molecule has 0 unspecified atom stereocenters. The number of nitrogens with one attached hydrogen (secondary N) is 2. The number of piperidine rings is 1. The maximum atomic E-state index is 13.1. The van der Waals surface area contributed by atoms with Gasteiger partial charge in [-0.25, -0.2) is 21.6 Å². The first kappa shape index (κ1) is 32.3. The van der Waals surface area contributed by atoms with Crippen LogP contribution in [0.15, 0.2) is 57.8 Å². The van der Waals surface area contributed by atoms with Crippen LogP contribution in [-0.2, 0) is 35.8 Å². The first-order valence-electron chi connectivity index (χ1n) is 13.0. The highest BCUT2D eigenvalue weighted by Crippen LogP contribution is 2.34. The van der Waals surface area contributed by atoms with E-state index in [1.54, 1.807) is 6.92 Å². The fraction of sp³-hybridized carbons (Fsp3) is 0.370. The lowest BCUT2D eigenvalue weighted by Gasteiger charge is -2.34. The molecule has 1 saturated heterocycles. The van der Waals surface area contributed by atoms with Crippen molar-refractivity contribution in [2.24, 2.45) is 4.99 Å². The van der Waals surface area contributed by atoms with Gasteiger partial charge in [-0.3, -0.25) is 14.6 Å². The lowest BCUT2D eigenvalue weighted by atomic mass is 9.89. The number of benzene rings is 2. The third kappa shape index (κ3) is 7.14. The van der Waals surface area contributed by atoms with Gasteiger partial charge in [-0.15, -0.1) is 0 Å². The molecule has 11 nitrogen and oxygen atoms in total. The molecule has 0 bridgehead atoms. The van der Waals surface area contributed by atoms with Gasteiger partial charge in [0.25, 0.3) is 5.91 Å². The molecule has 1 fully saturated rings. The molecule has 232 valence electrons. The Bertz CT molecular complexity index is 1710. The van der Waals surface area contributed by atoms with Crippen molar-refractivity contribution in [1.29, 1.82) is 0 Å². The van der Waals surface area contributed by atoms with E-state index < -0.39 is 55.7 Å². The second kappa shape index (κ2) is 11.8. The second-order valence-electron chi connectivity index (χ2n) is 10.4. The Kier molecular flexibility index (Phi) is 8.89. The summed E-state index contributed by atoms with van der Waals surface area (Å²) < 4.78 is 94.0. The van der Waals surface area contributed by atoms with Gasteiger partial charge in [-0.2, -0.15) is 17.5 Å². The average molecular weight is 642 g/mol. The molecule has 4 rings (SSSR count). The third-order valence-electron chi connectivity index (χ3n) is 7.24. The van der Waals surface area contributed by atoms with E-state index in [-0.39, 0.29) is 42.2 Å². The van der Waals surface area contributed by atoms with Crippen molar-refractivity contribution in [2.45, 2.75) is 36.4 Å². The third-order valence-corrected chi connectivity index (χ3v) is 10.2. The summed E-state index contributed by atoms with van der Waals surface area (Å²) in [6.45, 7) is 1.10. The van der Waals surface area contributed by atoms with Crippen molar-refractivity contribution in [3.63, 3.8) is 0 Å². The summed E-state index contributed by atoms with van der Waals surface area (Å²) >= 11 is 0. The van der Waals surface area contributed by atoms with Gasteiger partial charge >= 0.3 is 6.18 Å². The van der Waals surface area contributed by atoms with Crippen molar-refractivity contribution < 1.29 is 39.6 Å². The van der Waals surface area contributed by atoms with Gasteiger partial charge in [0.05, 0.1) is 17.0 Å². The van der Waals surface area contributed by atoms with Crippen molar-refractivity contribution >= 4 is 43.8 Å². The fourth-order valence-corrected chi connectivity index (χ4v) is 6.83. The summed E-state index contributed by atoms with van der Waals surface area (Å²) in [6, 6.07) is 8.54. The number of amides is 2. The standard InChI is InChI=1S/C27H30F3N5O6S2/c1-18-15-22(43(40,41)31-17-23(36)34(2)3)8-7-19(18)9-14-42(38,39)35-12-10-26(11-13-35)25(37)32-24(33-26)20-5-4-6-21(16-20)27(28,29)30/h4-9,14-16,31H,10-13,17H2,1-3H3,(H,32,33,37)/b14-9+. The van der Waals surface area contributed by atoms with E-state index in [2.05, 4.69) is 15.0 Å². The van der Waals surface area contributed by atoms with E-state index in [4.69, 9.17) is 0 Å². The molecule has 1 spiro atoms. The molecule has 16 heteroatoms. The number of likely N-dealkylation sites (N-methyl/N-ethyl adjacent to an activating group) is 1. The fourth-order valence-electron chi connectivity index (χ4n) is 4.59. The number of hydrogen-bond acceptors (Lipinski definition) is 7. The van der Waals surface area contributed by atoms with Crippen molar-refractivity contribution in [3.8, 4) is 0 Å². The smallest absolute Gasteiger partial charge is 0.348 e. The maximum absolute atomic E-state index is 13.1. The van der Waals surface area contributed by atoms with Gasteiger partial charge in [-0.1, -0.05) is 18.2 Å². The normalized spacial score (nSPS) is 17.7. The summed E-state index contributed by atoms with van der Waals surface area (Å²) in [4.78, 5) is 30.1. The number of aryl methyl sites for hydroxylation is 1. The van der Waals surface area contributed by atoms with Gasteiger partial charge in [0, 0.05) is 38.2 Å². The highest BCUT2D eigenvalue weighted by molar-refractivity contribution is 7.92. The van der Waals surface area contributed by atoms with Gasteiger partial charge in [0.2, 0.25) is 26.0 Å². The number of alkyl halides is 3. The Labute approximate surface area is 247 Å². The minimum atomic E-state index is -4.56. The SMILES string of the molecule is Cc1cc(S(=O)(=O)NCC(=O)N(C)C)ccc1/C=C/S(=O)(=O)N1CCC2(CC1)N=C(c1cccc(C(F)(F)F)c1)NC2=O.